The van der Waals surface area contributed by atoms with E-state index in [9.17, 15) is 9.18 Å². The summed E-state index contributed by atoms with van der Waals surface area (Å²) in [5.41, 5.74) is 3.82. The monoisotopic (exact) mass is 644 g/mol. The molecule has 3 rings (SSSR count). The molecule has 0 saturated heterocycles. The van der Waals surface area contributed by atoms with Crippen LogP contribution in [0.4, 0.5) is 4.39 Å². The lowest BCUT2D eigenvalue weighted by Crippen LogP contribution is -2.04. The van der Waals surface area contributed by atoms with Crippen molar-refractivity contribution < 1.29 is 19.0 Å². The smallest absolute Gasteiger partial charge is 0.130 e. The number of aromatic nitrogens is 1. The lowest BCUT2D eigenvalue weighted by Gasteiger charge is -2.10. The lowest BCUT2D eigenvalue weighted by molar-refractivity contribution is -0.116. The summed E-state index contributed by atoms with van der Waals surface area (Å²) in [5, 5.41) is 9.47. The standard InChI is InChI=1S/C11H13FO.C11H24O.C10H9N.C4H8.2C2H6.CH4O/c1-8(13)6-7-10-4-3-5-11(12)9(10)2;1-5-10(2)8-6-7-9-11(3)12-4;1-8-6-9-4-2-3-5-10(9)7-11-8;1-4(2)3;3*1-2/h3-5H,6-7H2,1-2H3;10-11H,5-9H2,1-4H3;2-7H,1H3;1H2,2-3H3;2*1-2H3;2H,1H3. The first-order chi connectivity index (χ1) is 21.9. The van der Waals surface area contributed by atoms with E-state index in [2.05, 4.69) is 50.5 Å². The van der Waals surface area contributed by atoms with Crippen LogP contribution < -0.4 is 0 Å². The number of hydrogen-bond donors (Lipinski definition) is 1. The molecule has 5 heteroatoms. The van der Waals surface area contributed by atoms with Crippen molar-refractivity contribution in [1.29, 1.82) is 0 Å². The molecule has 1 N–H and O–H groups in total. The predicted molar refractivity (Wildman–Crippen MR) is 202 cm³/mol. The largest absolute Gasteiger partial charge is 0.400 e. The molecule has 0 aliphatic carbocycles. The van der Waals surface area contributed by atoms with Crippen molar-refractivity contribution in [2.75, 3.05) is 14.2 Å². The van der Waals surface area contributed by atoms with Crippen LogP contribution in [-0.4, -0.2) is 36.2 Å². The molecule has 1 heterocycles. The fourth-order valence-electron chi connectivity index (χ4n) is 3.67. The van der Waals surface area contributed by atoms with Gasteiger partial charge in [-0.3, -0.25) is 4.98 Å². The molecular weight excluding hydrogens is 573 g/mol. The molecule has 2 unspecified atom stereocenters. The number of ether oxygens (including phenoxy) is 1. The van der Waals surface area contributed by atoms with Gasteiger partial charge in [0.05, 0.1) is 6.10 Å². The highest BCUT2D eigenvalue weighted by molar-refractivity contribution is 5.81. The number of halogens is 1. The zero-order chi connectivity index (χ0) is 36.5. The van der Waals surface area contributed by atoms with E-state index in [-0.39, 0.29) is 11.6 Å². The van der Waals surface area contributed by atoms with E-state index in [4.69, 9.17) is 9.84 Å². The third-order valence-corrected chi connectivity index (χ3v) is 6.55. The number of Topliss-reactive ketones (excluding diaryl/α,β-unsaturated/α-hetero) is 1. The average molecular weight is 644 g/mol. The number of ketones is 1. The van der Waals surface area contributed by atoms with Crippen molar-refractivity contribution in [3.8, 4) is 0 Å². The van der Waals surface area contributed by atoms with Gasteiger partial charge in [0.15, 0.2) is 0 Å². The Morgan fingerprint density at radius 2 is 1.43 bits per heavy atom. The van der Waals surface area contributed by atoms with E-state index in [0.717, 1.165) is 24.3 Å². The highest BCUT2D eigenvalue weighted by Gasteiger charge is 2.04. The number of carbonyl (C=O) groups is 1. The molecule has 0 bridgehead atoms. The van der Waals surface area contributed by atoms with Crippen molar-refractivity contribution in [3.63, 3.8) is 0 Å². The number of aliphatic hydroxyl groups excluding tert-OH is 1. The van der Waals surface area contributed by atoms with Gasteiger partial charge in [0.2, 0.25) is 0 Å². The first-order valence-corrected chi connectivity index (χ1v) is 17.1. The molecule has 0 amide bonds. The molecule has 2 aromatic carbocycles. The van der Waals surface area contributed by atoms with Gasteiger partial charge in [-0.25, -0.2) is 4.39 Å². The third kappa shape index (κ3) is 29.8. The molecule has 0 fully saturated rings. The number of aryl methyl sites for hydroxylation is 2. The number of hydrogen-bond acceptors (Lipinski definition) is 4. The molecule has 46 heavy (non-hydrogen) atoms. The summed E-state index contributed by atoms with van der Waals surface area (Å²) in [6, 6.07) is 15.3. The molecule has 3 aromatic rings. The van der Waals surface area contributed by atoms with Gasteiger partial charge >= 0.3 is 0 Å². The minimum absolute atomic E-state index is 0.142. The number of carbonyl (C=O) groups excluding carboxylic acids is 1. The minimum atomic E-state index is -0.193. The van der Waals surface area contributed by atoms with Gasteiger partial charge in [0, 0.05) is 37.9 Å². The van der Waals surface area contributed by atoms with Crippen LogP contribution >= 0.6 is 0 Å². The number of benzene rings is 2. The number of fused-ring (bicyclic) bond motifs is 1. The molecule has 4 nitrogen and oxygen atoms in total. The Morgan fingerprint density at radius 1 is 0.913 bits per heavy atom. The quantitative estimate of drug-likeness (QED) is 0.176. The molecule has 0 spiro atoms. The van der Waals surface area contributed by atoms with Gasteiger partial charge in [0.1, 0.15) is 11.6 Å². The SMILES string of the molecule is C=C(C)C.CC.CC.CC(=O)CCc1cccc(F)c1C.CCC(C)CCCCC(C)OC.CO.Cc1cc2ccccc2cn1. The van der Waals surface area contributed by atoms with Crippen molar-refractivity contribution in [3.05, 3.63) is 89.5 Å². The van der Waals surface area contributed by atoms with E-state index < -0.39 is 0 Å². The van der Waals surface area contributed by atoms with Crippen molar-refractivity contribution in [1.82, 2.24) is 4.98 Å². The van der Waals surface area contributed by atoms with Crippen LogP contribution in [0.5, 0.6) is 0 Å². The summed E-state index contributed by atoms with van der Waals surface area (Å²) in [4.78, 5) is 14.9. The Kier molecular flexibility index (Phi) is 38.0. The zero-order valence-corrected chi connectivity index (χ0v) is 32.1. The normalized spacial score (nSPS) is 10.4. The maximum absolute atomic E-state index is 13.0. The molecule has 0 saturated carbocycles. The maximum atomic E-state index is 13.0. The first-order valence-electron chi connectivity index (χ1n) is 17.1. The lowest BCUT2D eigenvalue weighted by atomic mass is 10.0. The van der Waals surface area contributed by atoms with Gasteiger partial charge in [-0.1, -0.05) is 109 Å². The fourth-order valence-corrected chi connectivity index (χ4v) is 3.67. The van der Waals surface area contributed by atoms with E-state index in [1.807, 2.05) is 72.9 Å². The summed E-state index contributed by atoms with van der Waals surface area (Å²) < 4.78 is 18.2. The van der Waals surface area contributed by atoms with Crippen molar-refractivity contribution >= 4 is 16.6 Å². The highest BCUT2D eigenvalue weighted by atomic mass is 19.1. The highest BCUT2D eigenvalue weighted by Crippen LogP contribution is 2.15. The van der Waals surface area contributed by atoms with Crippen molar-refractivity contribution in [2.24, 2.45) is 5.92 Å². The molecule has 1 aromatic heterocycles. The summed E-state index contributed by atoms with van der Waals surface area (Å²) in [5.74, 6) is 0.854. The van der Waals surface area contributed by atoms with Gasteiger partial charge in [-0.2, -0.15) is 0 Å². The summed E-state index contributed by atoms with van der Waals surface area (Å²) in [6.07, 6.45) is 10.1. The predicted octanol–water partition coefficient (Wildman–Crippen LogP) is 12.1. The Balaban J connectivity index is -0.000000252. The summed E-state index contributed by atoms with van der Waals surface area (Å²) in [7, 11) is 2.79. The molecule has 0 radical (unpaired) electrons. The van der Waals surface area contributed by atoms with Crippen LogP contribution in [0.3, 0.4) is 0 Å². The maximum Gasteiger partial charge on any atom is 0.130 e. The summed E-state index contributed by atoms with van der Waals surface area (Å²) in [6.45, 7) is 27.5. The number of pyridine rings is 1. The topological polar surface area (TPSA) is 59.4 Å². The van der Waals surface area contributed by atoms with Crippen LogP contribution in [-0.2, 0) is 16.0 Å². The van der Waals surface area contributed by atoms with Crippen LogP contribution in [0.2, 0.25) is 0 Å². The summed E-state index contributed by atoms with van der Waals surface area (Å²) >= 11 is 0. The van der Waals surface area contributed by atoms with E-state index in [0.29, 0.717) is 24.5 Å². The van der Waals surface area contributed by atoms with E-state index in [1.165, 1.54) is 54.5 Å². The number of rotatable bonds is 10. The van der Waals surface area contributed by atoms with Crippen LogP contribution in [0.25, 0.3) is 10.8 Å². The Morgan fingerprint density at radius 3 is 1.93 bits per heavy atom. The number of aliphatic hydroxyl groups is 1. The van der Waals surface area contributed by atoms with Gasteiger partial charge < -0.3 is 14.6 Å². The molecule has 0 aliphatic rings. The zero-order valence-electron chi connectivity index (χ0n) is 32.1. The molecule has 0 aliphatic heterocycles. The average Bonchev–Trinajstić information content (AvgIpc) is 3.06. The second-order valence-corrected chi connectivity index (χ2v) is 11.0. The number of methoxy groups -OCH3 is 1. The molecule has 2 atom stereocenters. The Labute approximate surface area is 283 Å². The number of allylic oxidation sites excluding steroid dienone is 1. The fraction of sp³-hybridized carbons (Fsp3) is 0.561. The van der Waals surface area contributed by atoms with Gasteiger partial charge in [-0.15, -0.1) is 6.58 Å². The van der Waals surface area contributed by atoms with Crippen LogP contribution in [0.1, 0.15) is 125 Å². The van der Waals surface area contributed by atoms with Gasteiger partial charge in [0.25, 0.3) is 0 Å². The third-order valence-electron chi connectivity index (χ3n) is 6.55. The Bertz CT molecular complexity index is 1110. The van der Waals surface area contributed by atoms with Crippen LogP contribution in [0, 0.1) is 25.6 Å². The number of unbranched alkanes of at least 4 members (excludes halogenated alkanes) is 1. The van der Waals surface area contributed by atoms with Crippen LogP contribution in [0.15, 0.2) is 66.9 Å². The van der Waals surface area contributed by atoms with E-state index in [1.54, 1.807) is 27.0 Å². The second-order valence-electron chi connectivity index (χ2n) is 11.0. The molecular formula is C41H70FNO3. The molecule has 264 valence electrons. The van der Waals surface area contributed by atoms with E-state index >= 15 is 0 Å². The minimum Gasteiger partial charge on any atom is -0.400 e. The van der Waals surface area contributed by atoms with Gasteiger partial charge in [-0.05, 0) is 88.9 Å². The number of nitrogens with zero attached hydrogens (tertiary/aromatic N) is 1. The second kappa shape index (κ2) is 35.0. The first kappa shape index (κ1) is 50.0. The van der Waals surface area contributed by atoms with Crippen molar-refractivity contribution in [2.45, 2.75) is 134 Å². The Hall–Kier alpha value is -2.89.